The third-order valence-corrected chi connectivity index (χ3v) is 2.27. The molecule has 1 rings (SSSR count). The number of nitro groups is 1. The zero-order chi connectivity index (χ0) is 13.9. The highest BCUT2D eigenvalue weighted by atomic mass is 16.6. The van der Waals surface area contributed by atoms with Crippen LogP contribution in [-0.4, -0.2) is 21.7 Å². The Balaban J connectivity index is 3.42. The Bertz CT molecular complexity index is 524. The zero-order valence-corrected chi connectivity index (χ0v) is 9.89. The van der Waals surface area contributed by atoms with Crippen molar-refractivity contribution in [3.8, 4) is 5.75 Å². The van der Waals surface area contributed by atoms with Gasteiger partial charge in [0, 0.05) is 13.3 Å². The zero-order valence-electron chi connectivity index (χ0n) is 9.89. The highest BCUT2D eigenvalue weighted by Crippen LogP contribution is 2.37. The number of nitrogens with zero attached hydrogens (tertiary/aromatic N) is 1. The third-order valence-electron chi connectivity index (χ3n) is 2.27. The summed E-state index contributed by atoms with van der Waals surface area (Å²) in [5.41, 5.74) is -0.944. The predicted molar refractivity (Wildman–Crippen MR) is 63.7 cm³/mol. The Morgan fingerprint density at radius 3 is 2.50 bits per heavy atom. The van der Waals surface area contributed by atoms with Gasteiger partial charge in [0.25, 0.3) is 0 Å². The molecule has 0 bridgehead atoms. The molecule has 1 aromatic rings. The smallest absolute Gasteiger partial charge is 0.334 e. The lowest BCUT2D eigenvalue weighted by Gasteiger charge is -2.08. The Kier molecular flexibility index (Phi) is 3.98. The first-order valence-corrected chi connectivity index (χ1v) is 5.19. The molecule has 0 aliphatic rings. The number of phenolic OH excluding ortho intramolecular Hbond substituents is 1. The van der Waals surface area contributed by atoms with E-state index in [0.29, 0.717) is 0 Å². The second kappa shape index (κ2) is 5.26. The van der Waals surface area contributed by atoms with Crippen LogP contribution < -0.4 is 5.32 Å². The van der Waals surface area contributed by atoms with Gasteiger partial charge in [-0.2, -0.15) is 0 Å². The maximum atomic E-state index is 11.5. The number of aromatic hydroxyl groups is 1. The van der Waals surface area contributed by atoms with E-state index in [4.69, 9.17) is 0 Å². The quantitative estimate of drug-likeness (QED) is 0.482. The number of phenols is 1. The predicted octanol–water partition coefficient (Wildman–Crippen LogP) is 1.85. The standard InChI is InChI=1S/C11H12N2O5/c1-3-9(15)7-4-5-8(12-6(2)14)10(11(7)16)13(17)18/h4-5,16H,3H2,1-2H3,(H,12,14). The van der Waals surface area contributed by atoms with Gasteiger partial charge in [0.15, 0.2) is 5.78 Å². The fourth-order valence-corrected chi connectivity index (χ4v) is 1.47. The van der Waals surface area contributed by atoms with Gasteiger partial charge in [-0.3, -0.25) is 19.7 Å². The fourth-order valence-electron chi connectivity index (χ4n) is 1.47. The van der Waals surface area contributed by atoms with Crippen LogP contribution in [0, 0.1) is 10.1 Å². The van der Waals surface area contributed by atoms with Crippen molar-refractivity contribution in [3.63, 3.8) is 0 Å². The van der Waals surface area contributed by atoms with Crippen molar-refractivity contribution >= 4 is 23.1 Å². The van der Waals surface area contributed by atoms with Gasteiger partial charge >= 0.3 is 5.69 Å². The number of hydrogen-bond donors (Lipinski definition) is 2. The summed E-state index contributed by atoms with van der Waals surface area (Å²) >= 11 is 0. The maximum absolute atomic E-state index is 11.5. The Hall–Kier alpha value is -2.44. The number of hydrogen-bond acceptors (Lipinski definition) is 5. The largest absolute Gasteiger partial charge is 0.502 e. The van der Waals surface area contributed by atoms with Crippen molar-refractivity contribution < 1.29 is 19.6 Å². The lowest BCUT2D eigenvalue weighted by Crippen LogP contribution is -2.09. The van der Waals surface area contributed by atoms with Crippen LogP contribution in [0.2, 0.25) is 0 Å². The van der Waals surface area contributed by atoms with E-state index in [0.717, 1.165) is 0 Å². The molecule has 0 saturated heterocycles. The molecule has 0 aromatic heterocycles. The molecule has 0 unspecified atom stereocenters. The number of anilines is 1. The molecule has 0 atom stereocenters. The monoisotopic (exact) mass is 252 g/mol. The van der Waals surface area contributed by atoms with Gasteiger partial charge in [-0.25, -0.2) is 0 Å². The lowest BCUT2D eigenvalue weighted by atomic mass is 10.1. The number of carbonyl (C=O) groups is 2. The summed E-state index contributed by atoms with van der Waals surface area (Å²) in [5.74, 6) is -1.64. The molecule has 2 N–H and O–H groups in total. The second-order valence-electron chi connectivity index (χ2n) is 3.57. The van der Waals surface area contributed by atoms with Crippen molar-refractivity contribution in [1.82, 2.24) is 0 Å². The van der Waals surface area contributed by atoms with Crippen LogP contribution in [0.4, 0.5) is 11.4 Å². The summed E-state index contributed by atoms with van der Waals surface area (Å²) in [6.07, 6.45) is 0.115. The normalized spacial score (nSPS) is 9.89. The molecule has 0 fully saturated rings. The number of nitro benzene ring substituents is 1. The molecule has 0 spiro atoms. The van der Waals surface area contributed by atoms with E-state index in [9.17, 15) is 24.8 Å². The van der Waals surface area contributed by atoms with Crippen molar-refractivity contribution in [2.24, 2.45) is 0 Å². The minimum absolute atomic E-state index is 0.115. The van der Waals surface area contributed by atoms with Crippen LogP contribution in [0.25, 0.3) is 0 Å². The number of ketones is 1. The average Bonchev–Trinajstić information content (AvgIpc) is 2.27. The minimum atomic E-state index is -0.840. The molecule has 0 aliphatic carbocycles. The molecular weight excluding hydrogens is 240 g/mol. The van der Waals surface area contributed by atoms with Gasteiger partial charge in [-0.15, -0.1) is 0 Å². The minimum Gasteiger partial charge on any atom is -0.502 e. The summed E-state index contributed by atoms with van der Waals surface area (Å²) < 4.78 is 0. The van der Waals surface area contributed by atoms with E-state index >= 15 is 0 Å². The number of benzene rings is 1. The highest BCUT2D eigenvalue weighted by molar-refractivity contribution is 6.02. The van der Waals surface area contributed by atoms with Crippen molar-refractivity contribution in [2.75, 3.05) is 5.32 Å². The van der Waals surface area contributed by atoms with Crippen LogP contribution in [0.1, 0.15) is 30.6 Å². The summed E-state index contributed by atoms with van der Waals surface area (Å²) in [5, 5.41) is 22.8. The molecule has 7 heteroatoms. The number of carbonyl (C=O) groups excluding carboxylic acids is 2. The maximum Gasteiger partial charge on any atom is 0.334 e. The summed E-state index contributed by atoms with van der Waals surface area (Å²) in [6, 6.07) is 2.47. The van der Waals surface area contributed by atoms with E-state index in [1.807, 2.05) is 0 Å². The first kappa shape index (κ1) is 13.6. The van der Waals surface area contributed by atoms with Crippen molar-refractivity contribution in [1.29, 1.82) is 0 Å². The summed E-state index contributed by atoms with van der Waals surface area (Å²) in [4.78, 5) is 32.4. The van der Waals surface area contributed by atoms with Gasteiger partial charge < -0.3 is 10.4 Å². The van der Waals surface area contributed by atoms with E-state index < -0.39 is 28.1 Å². The van der Waals surface area contributed by atoms with Gasteiger partial charge in [-0.05, 0) is 12.1 Å². The first-order chi connectivity index (χ1) is 8.38. The highest BCUT2D eigenvalue weighted by Gasteiger charge is 2.25. The van der Waals surface area contributed by atoms with E-state index in [1.165, 1.54) is 19.1 Å². The van der Waals surface area contributed by atoms with Gasteiger partial charge in [0.05, 0.1) is 10.5 Å². The lowest BCUT2D eigenvalue weighted by molar-refractivity contribution is -0.384. The van der Waals surface area contributed by atoms with Gasteiger partial charge in [0.2, 0.25) is 11.7 Å². The Labute approximate surface area is 103 Å². The molecule has 18 heavy (non-hydrogen) atoms. The first-order valence-electron chi connectivity index (χ1n) is 5.19. The molecule has 0 aliphatic heterocycles. The van der Waals surface area contributed by atoms with Crippen LogP contribution >= 0.6 is 0 Å². The van der Waals surface area contributed by atoms with Crippen LogP contribution in [-0.2, 0) is 4.79 Å². The van der Waals surface area contributed by atoms with Crippen LogP contribution in [0.15, 0.2) is 12.1 Å². The molecular formula is C11H12N2O5. The average molecular weight is 252 g/mol. The topological polar surface area (TPSA) is 110 Å². The number of nitrogens with one attached hydrogen (secondary N) is 1. The molecule has 0 radical (unpaired) electrons. The van der Waals surface area contributed by atoms with E-state index in [1.54, 1.807) is 6.92 Å². The molecule has 0 heterocycles. The summed E-state index contributed by atoms with van der Waals surface area (Å²) in [7, 11) is 0. The molecule has 96 valence electrons. The Morgan fingerprint density at radius 1 is 1.44 bits per heavy atom. The molecule has 0 saturated carbocycles. The van der Waals surface area contributed by atoms with E-state index in [2.05, 4.69) is 5.32 Å². The van der Waals surface area contributed by atoms with Crippen molar-refractivity contribution in [2.45, 2.75) is 20.3 Å². The fraction of sp³-hybridized carbons (Fsp3) is 0.273. The molecule has 1 amide bonds. The van der Waals surface area contributed by atoms with Gasteiger partial charge in [0.1, 0.15) is 5.69 Å². The number of rotatable bonds is 4. The van der Waals surface area contributed by atoms with Crippen LogP contribution in [0.5, 0.6) is 5.75 Å². The number of Topliss-reactive ketones (excluding diaryl/α,β-unsaturated/α-hetero) is 1. The molecule has 1 aromatic carbocycles. The van der Waals surface area contributed by atoms with Crippen molar-refractivity contribution in [3.05, 3.63) is 27.8 Å². The molecule has 7 nitrogen and oxygen atoms in total. The Morgan fingerprint density at radius 2 is 2.06 bits per heavy atom. The summed E-state index contributed by atoms with van der Waals surface area (Å²) in [6.45, 7) is 2.77. The van der Waals surface area contributed by atoms with Crippen LogP contribution in [0.3, 0.4) is 0 Å². The third kappa shape index (κ3) is 2.62. The van der Waals surface area contributed by atoms with E-state index in [-0.39, 0.29) is 17.7 Å². The number of amides is 1. The second-order valence-corrected chi connectivity index (χ2v) is 3.57. The van der Waals surface area contributed by atoms with Gasteiger partial charge in [-0.1, -0.05) is 6.92 Å². The SMILES string of the molecule is CCC(=O)c1ccc(NC(C)=O)c([N+](=O)[O-])c1O.